The highest BCUT2D eigenvalue weighted by Gasteiger charge is 2.18. The van der Waals surface area contributed by atoms with Crippen LogP contribution in [0, 0.1) is 12.7 Å². The molecule has 0 unspecified atom stereocenters. The molecule has 0 aliphatic carbocycles. The maximum Gasteiger partial charge on any atom is 0.336 e. The van der Waals surface area contributed by atoms with Crippen LogP contribution in [-0.2, 0) is 11.3 Å². The lowest BCUT2D eigenvalue weighted by atomic mass is 10.2. The molecule has 2 aromatic carbocycles. The smallest absolute Gasteiger partial charge is 0.336 e. The fraction of sp³-hybridized carbons (Fsp3) is 0.174. The summed E-state index contributed by atoms with van der Waals surface area (Å²) >= 11 is 1.16. The van der Waals surface area contributed by atoms with E-state index in [1.807, 2.05) is 6.92 Å². The molecule has 1 N–H and O–H groups in total. The van der Waals surface area contributed by atoms with Gasteiger partial charge in [-0.3, -0.25) is 14.2 Å². The summed E-state index contributed by atoms with van der Waals surface area (Å²) in [5.74, 6) is -0.289. The molecule has 0 aliphatic heterocycles. The molecular weight excluding hydrogens is 433 g/mol. The number of nitrogens with zero attached hydrogens (tertiary/aromatic N) is 2. The average molecular weight is 453 g/mol. The highest BCUT2D eigenvalue weighted by Crippen LogP contribution is 2.19. The normalized spacial score (nSPS) is 11.0. The summed E-state index contributed by atoms with van der Waals surface area (Å²) in [6.45, 7) is 3.69. The van der Waals surface area contributed by atoms with Gasteiger partial charge in [0.25, 0.3) is 5.56 Å². The zero-order chi connectivity index (χ0) is 22.8. The maximum absolute atomic E-state index is 14.1. The first kappa shape index (κ1) is 21.5. The number of halogens is 1. The van der Waals surface area contributed by atoms with Crippen LogP contribution in [-0.4, -0.2) is 21.6 Å². The van der Waals surface area contributed by atoms with E-state index in [0.717, 1.165) is 22.0 Å². The van der Waals surface area contributed by atoms with E-state index in [1.54, 1.807) is 42.6 Å². The first-order chi connectivity index (χ1) is 15.4. The molecule has 2 heterocycles. The van der Waals surface area contributed by atoms with Gasteiger partial charge in [-0.1, -0.05) is 6.07 Å². The lowest BCUT2D eigenvalue weighted by Gasteiger charge is -2.13. The summed E-state index contributed by atoms with van der Waals surface area (Å²) < 4.78 is 21.9. The predicted octanol–water partition coefficient (Wildman–Crippen LogP) is 3.70. The molecule has 4 rings (SSSR count). The highest BCUT2D eigenvalue weighted by atomic mass is 32.1. The van der Waals surface area contributed by atoms with Gasteiger partial charge in [-0.25, -0.2) is 13.8 Å². The van der Waals surface area contributed by atoms with Crippen molar-refractivity contribution in [3.05, 3.63) is 86.1 Å². The fourth-order valence-corrected chi connectivity index (χ4v) is 4.16. The SMILES string of the molecule is CCOc1ccc(NC(=O)Cn2c(=O)n(-c3ccc(C)c(F)c3)c(=O)c3sccc32)cc1. The largest absolute Gasteiger partial charge is 0.494 e. The Balaban J connectivity index is 1.71. The molecule has 0 fully saturated rings. The van der Waals surface area contributed by atoms with E-state index < -0.39 is 23.0 Å². The minimum Gasteiger partial charge on any atom is -0.494 e. The Bertz CT molecular complexity index is 1420. The predicted molar refractivity (Wildman–Crippen MR) is 123 cm³/mol. The summed E-state index contributed by atoms with van der Waals surface area (Å²) in [6, 6.07) is 12.6. The molecule has 1 amide bonds. The summed E-state index contributed by atoms with van der Waals surface area (Å²) in [5.41, 5.74) is 0.142. The first-order valence-electron chi connectivity index (χ1n) is 9.91. The monoisotopic (exact) mass is 453 g/mol. The van der Waals surface area contributed by atoms with Crippen molar-refractivity contribution in [1.82, 2.24) is 9.13 Å². The minimum absolute atomic E-state index is 0.110. The van der Waals surface area contributed by atoms with Crippen molar-refractivity contribution in [3.8, 4) is 11.4 Å². The zero-order valence-corrected chi connectivity index (χ0v) is 18.2. The van der Waals surface area contributed by atoms with Gasteiger partial charge in [0.2, 0.25) is 5.91 Å². The minimum atomic E-state index is -0.717. The number of hydrogen-bond acceptors (Lipinski definition) is 5. The average Bonchev–Trinajstić information content (AvgIpc) is 3.25. The Hall–Kier alpha value is -3.72. The fourth-order valence-electron chi connectivity index (χ4n) is 3.33. The van der Waals surface area contributed by atoms with E-state index in [0.29, 0.717) is 33.8 Å². The number of nitrogens with one attached hydrogen (secondary N) is 1. The van der Waals surface area contributed by atoms with Crippen molar-refractivity contribution in [2.75, 3.05) is 11.9 Å². The van der Waals surface area contributed by atoms with Gasteiger partial charge in [-0.15, -0.1) is 11.3 Å². The quantitative estimate of drug-likeness (QED) is 0.483. The molecule has 0 bridgehead atoms. The second-order valence-electron chi connectivity index (χ2n) is 7.08. The van der Waals surface area contributed by atoms with Crippen LogP contribution in [0.5, 0.6) is 5.75 Å². The number of thiophene rings is 1. The van der Waals surface area contributed by atoms with E-state index >= 15 is 0 Å². The molecule has 0 radical (unpaired) electrons. The number of anilines is 1. The molecule has 0 saturated carbocycles. The number of benzene rings is 2. The van der Waals surface area contributed by atoms with Crippen LogP contribution in [0.15, 0.2) is 63.5 Å². The summed E-state index contributed by atoms with van der Waals surface area (Å²) in [6.07, 6.45) is 0. The third-order valence-electron chi connectivity index (χ3n) is 4.92. The molecule has 2 aromatic heterocycles. The van der Waals surface area contributed by atoms with Gasteiger partial charge in [-0.2, -0.15) is 0 Å². The number of aromatic nitrogens is 2. The van der Waals surface area contributed by atoms with E-state index in [2.05, 4.69) is 5.32 Å². The van der Waals surface area contributed by atoms with Crippen molar-refractivity contribution in [3.63, 3.8) is 0 Å². The second kappa shape index (κ2) is 8.80. The number of carbonyl (C=O) groups excluding carboxylic acids is 1. The van der Waals surface area contributed by atoms with Crippen molar-refractivity contribution >= 4 is 33.1 Å². The molecule has 0 spiro atoms. The second-order valence-corrected chi connectivity index (χ2v) is 8.00. The van der Waals surface area contributed by atoms with Crippen LogP contribution in [0.3, 0.4) is 0 Å². The Morgan fingerprint density at radius 2 is 1.88 bits per heavy atom. The molecule has 9 heteroatoms. The van der Waals surface area contributed by atoms with Crippen LogP contribution in [0.1, 0.15) is 12.5 Å². The number of aryl methyl sites for hydroxylation is 1. The molecule has 0 aliphatic rings. The molecule has 0 saturated heterocycles. The molecule has 4 aromatic rings. The van der Waals surface area contributed by atoms with Crippen LogP contribution in [0.25, 0.3) is 15.9 Å². The molecule has 164 valence electrons. The summed E-state index contributed by atoms with van der Waals surface area (Å²) in [4.78, 5) is 38.9. The number of fused-ring (bicyclic) bond motifs is 1. The molecular formula is C23H20FN3O4S. The number of amides is 1. The molecule has 32 heavy (non-hydrogen) atoms. The van der Waals surface area contributed by atoms with Crippen LogP contribution in [0.4, 0.5) is 10.1 Å². The van der Waals surface area contributed by atoms with Gasteiger partial charge in [0.15, 0.2) is 0 Å². The van der Waals surface area contributed by atoms with Crippen molar-refractivity contribution in [2.45, 2.75) is 20.4 Å². The van der Waals surface area contributed by atoms with E-state index in [9.17, 15) is 18.8 Å². The van der Waals surface area contributed by atoms with Gasteiger partial charge in [0.1, 0.15) is 22.8 Å². The highest BCUT2D eigenvalue weighted by molar-refractivity contribution is 7.17. The van der Waals surface area contributed by atoms with Gasteiger partial charge >= 0.3 is 5.69 Å². The van der Waals surface area contributed by atoms with Crippen molar-refractivity contribution < 1.29 is 13.9 Å². The third-order valence-corrected chi connectivity index (χ3v) is 5.81. The first-order valence-corrected chi connectivity index (χ1v) is 10.8. The number of rotatable bonds is 6. The topological polar surface area (TPSA) is 82.3 Å². The van der Waals surface area contributed by atoms with Crippen LogP contribution < -0.4 is 21.3 Å². The molecule has 0 atom stereocenters. The number of hydrogen-bond donors (Lipinski definition) is 1. The van der Waals surface area contributed by atoms with Crippen molar-refractivity contribution in [1.29, 1.82) is 0 Å². The Morgan fingerprint density at radius 1 is 1.12 bits per heavy atom. The van der Waals surface area contributed by atoms with E-state index in [1.165, 1.54) is 16.7 Å². The lowest BCUT2D eigenvalue weighted by molar-refractivity contribution is -0.116. The lowest BCUT2D eigenvalue weighted by Crippen LogP contribution is -2.40. The summed E-state index contributed by atoms with van der Waals surface area (Å²) in [7, 11) is 0. The third kappa shape index (κ3) is 4.06. The van der Waals surface area contributed by atoms with E-state index in [4.69, 9.17) is 4.74 Å². The molecule has 7 nitrogen and oxygen atoms in total. The number of carbonyl (C=O) groups is 1. The Kier molecular flexibility index (Phi) is 5.91. The van der Waals surface area contributed by atoms with Gasteiger partial charge in [0, 0.05) is 5.69 Å². The van der Waals surface area contributed by atoms with Crippen LogP contribution >= 0.6 is 11.3 Å². The summed E-state index contributed by atoms with van der Waals surface area (Å²) in [5, 5.41) is 4.41. The standard InChI is InChI=1S/C23H20FN3O4S/c1-3-31-17-8-5-15(6-9-17)25-20(28)13-26-19-10-11-32-21(19)22(29)27(23(26)30)16-7-4-14(2)18(24)12-16/h4-12H,3,13H2,1-2H3,(H,25,28). The Morgan fingerprint density at radius 3 is 2.56 bits per heavy atom. The van der Waals surface area contributed by atoms with Crippen LogP contribution in [0.2, 0.25) is 0 Å². The van der Waals surface area contributed by atoms with E-state index in [-0.39, 0.29) is 12.2 Å². The number of ether oxygens (including phenoxy) is 1. The van der Waals surface area contributed by atoms with Gasteiger partial charge in [-0.05, 0) is 67.3 Å². The Labute approximate surface area is 186 Å². The van der Waals surface area contributed by atoms with Gasteiger partial charge in [0.05, 0.1) is 17.8 Å². The zero-order valence-electron chi connectivity index (χ0n) is 17.4. The maximum atomic E-state index is 14.1. The van der Waals surface area contributed by atoms with Gasteiger partial charge < -0.3 is 10.1 Å². The van der Waals surface area contributed by atoms with Crippen molar-refractivity contribution in [2.24, 2.45) is 0 Å².